The number of fused-ring (bicyclic) bond motifs is 1. The minimum Gasteiger partial charge on any atom is -0.361 e. The number of benzene rings is 4. The third kappa shape index (κ3) is 7.88. The molecule has 1 atom stereocenters. The van der Waals surface area contributed by atoms with Gasteiger partial charge < -0.3 is 20.9 Å². The Bertz CT molecular complexity index is 2110. The number of hydrogen-bond donors (Lipinski definition) is 4. The molecule has 2 heterocycles. The third-order valence-corrected chi connectivity index (χ3v) is 9.47. The number of H-pyrrole nitrogens is 1. The Morgan fingerprint density at radius 3 is 2.50 bits per heavy atom. The van der Waals surface area contributed by atoms with Crippen LogP contribution in [0.4, 0.5) is 15.2 Å². The molecule has 0 fully saturated rings. The van der Waals surface area contributed by atoms with Crippen molar-refractivity contribution >= 4 is 68.6 Å². The molecule has 0 saturated carbocycles. The summed E-state index contributed by atoms with van der Waals surface area (Å²) in [5, 5.41) is 11.3. The highest BCUT2D eigenvalue weighted by Crippen LogP contribution is 2.30. The molecule has 2 aromatic heterocycles. The molecule has 6 rings (SSSR count). The van der Waals surface area contributed by atoms with E-state index in [0.29, 0.717) is 28.5 Å². The number of nitrogens with one attached hydrogen (secondary N) is 4. The van der Waals surface area contributed by atoms with E-state index in [9.17, 15) is 18.8 Å². The first-order valence-electron chi connectivity index (χ1n) is 15.1. The van der Waals surface area contributed by atoms with Gasteiger partial charge in [0.15, 0.2) is 5.13 Å². The lowest BCUT2D eigenvalue weighted by atomic mass is 10.1. The number of aromatic amines is 1. The van der Waals surface area contributed by atoms with Gasteiger partial charge >= 0.3 is 0 Å². The predicted octanol–water partition coefficient (Wildman–Crippen LogP) is 8.35. The molecule has 0 spiro atoms. The number of thioether (sulfide) groups is 1. The van der Waals surface area contributed by atoms with Crippen molar-refractivity contribution in [3.8, 4) is 11.3 Å². The number of para-hydroxylation sites is 1. The number of rotatable bonds is 11. The maximum absolute atomic E-state index is 13.7. The molecule has 4 aromatic carbocycles. The molecule has 8 nitrogen and oxygen atoms in total. The summed E-state index contributed by atoms with van der Waals surface area (Å²) in [6.07, 6.45) is 3.98. The molecule has 0 bridgehead atoms. The highest BCUT2D eigenvalue weighted by Gasteiger charge is 2.21. The fourth-order valence-electron chi connectivity index (χ4n) is 4.91. The number of hydrogen-bond acceptors (Lipinski definition) is 6. The Balaban J connectivity index is 1.16. The first kappa shape index (κ1) is 32.4. The molecule has 48 heavy (non-hydrogen) atoms. The summed E-state index contributed by atoms with van der Waals surface area (Å²) in [6, 6.07) is 29.6. The lowest BCUT2D eigenvalue weighted by molar-refractivity contribution is -0.116. The second-order valence-electron chi connectivity index (χ2n) is 10.7. The number of aromatic nitrogens is 2. The third-order valence-electron chi connectivity index (χ3n) is 7.36. The first-order valence-corrected chi connectivity index (χ1v) is 16.9. The highest BCUT2D eigenvalue weighted by atomic mass is 32.2. The summed E-state index contributed by atoms with van der Waals surface area (Å²) >= 11 is 2.66. The quantitative estimate of drug-likeness (QED) is 0.0814. The van der Waals surface area contributed by atoms with Crippen molar-refractivity contribution in [3.63, 3.8) is 0 Å². The first-order chi connectivity index (χ1) is 23.4. The summed E-state index contributed by atoms with van der Waals surface area (Å²) in [7, 11) is 0. The monoisotopic (exact) mass is 675 g/mol. The van der Waals surface area contributed by atoms with Crippen LogP contribution < -0.4 is 16.0 Å². The van der Waals surface area contributed by atoms with Crippen molar-refractivity contribution in [2.45, 2.75) is 23.5 Å². The van der Waals surface area contributed by atoms with Gasteiger partial charge in [-0.05, 0) is 73.2 Å². The number of amides is 3. The van der Waals surface area contributed by atoms with Crippen molar-refractivity contribution in [1.29, 1.82) is 0 Å². The van der Waals surface area contributed by atoms with Crippen LogP contribution in [0.15, 0.2) is 125 Å². The van der Waals surface area contributed by atoms with Crippen LogP contribution in [0.25, 0.3) is 28.2 Å². The van der Waals surface area contributed by atoms with E-state index in [0.717, 1.165) is 26.9 Å². The zero-order valence-electron chi connectivity index (χ0n) is 25.7. The Labute approximate surface area is 284 Å². The van der Waals surface area contributed by atoms with Crippen molar-refractivity contribution in [3.05, 3.63) is 137 Å². The van der Waals surface area contributed by atoms with Gasteiger partial charge in [0.25, 0.3) is 11.8 Å². The molecule has 0 aliphatic carbocycles. The van der Waals surface area contributed by atoms with Crippen molar-refractivity contribution in [2.24, 2.45) is 0 Å². The summed E-state index contributed by atoms with van der Waals surface area (Å²) in [6.45, 7) is 1.92. The van der Waals surface area contributed by atoms with Gasteiger partial charge in [-0.3, -0.25) is 14.4 Å². The molecular weight excluding hydrogens is 646 g/mol. The number of carbonyl (C=O) groups excluding carboxylic acids is 3. The van der Waals surface area contributed by atoms with Crippen LogP contribution in [0.2, 0.25) is 0 Å². The van der Waals surface area contributed by atoms with Crippen LogP contribution >= 0.6 is 23.1 Å². The van der Waals surface area contributed by atoms with Crippen LogP contribution in [0.1, 0.15) is 29.3 Å². The van der Waals surface area contributed by atoms with Crippen molar-refractivity contribution in [1.82, 2.24) is 15.3 Å². The highest BCUT2D eigenvalue weighted by molar-refractivity contribution is 8.00. The normalized spacial score (nSPS) is 12.0. The van der Waals surface area contributed by atoms with E-state index >= 15 is 0 Å². The van der Waals surface area contributed by atoms with Crippen LogP contribution in [0.3, 0.4) is 0 Å². The lowest BCUT2D eigenvalue weighted by Gasteiger charge is -2.15. The standard InChI is InChI=1S/C37H30FN5O3S2/c1-2-33(36(46)43-37-42-32(22-47-37)23-15-17-26(38)18-16-23)48-28-12-8-11-27(20-28)40-35(45)31(41-34(44)24-9-4-3-5-10-24)19-25-21-39-30-14-7-6-13-29(25)30/h3-22,33,39H,2H2,1H3,(H,40,45)(H,41,44)(H,42,43,46)/b31-19-. The predicted molar refractivity (Wildman–Crippen MR) is 191 cm³/mol. The molecule has 0 radical (unpaired) electrons. The maximum Gasteiger partial charge on any atom is 0.272 e. The zero-order valence-corrected chi connectivity index (χ0v) is 27.3. The molecule has 11 heteroatoms. The minimum absolute atomic E-state index is 0.0703. The molecule has 6 aromatic rings. The van der Waals surface area contributed by atoms with E-state index in [4.69, 9.17) is 0 Å². The van der Waals surface area contributed by atoms with Crippen LogP contribution in [0.5, 0.6) is 0 Å². The fraction of sp³-hybridized carbons (Fsp3) is 0.0811. The van der Waals surface area contributed by atoms with Crippen LogP contribution in [0, 0.1) is 5.82 Å². The van der Waals surface area contributed by atoms with E-state index in [1.54, 1.807) is 66.9 Å². The van der Waals surface area contributed by atoms with Crippen molar-refractivity contribution < 1.29 is 18.8 Å². The van der Waals surface area contributed by atoms with Gasteiger partial charge in [0.2, 0.25) is 5.91 Å². The Kier molecular flexibility index (Phi) is 10.1. The Morgan fingerprint density at radius 2 is 1.71 bits per heavy atom. The molecule has 240 valence electrons. The molecular formula is C37H30FN5O3S2. The SMILES string of the molecule is CCC(Sc1cccc(NC(=O)/C(=C/c2c[nH]c3ccccc23)NC(=O)c2ccccc2)c1)C(=O)Nc1nc(-c2ccc(F)cc2)cs1. The minimum atomic E-state index is -0.503. The molecule has 0 saturated heterocycles. The van der Waals surface area contributed by atoms with Gasteiger partial charge in [-0.15, -0.1) is 23.1 Å². The molecule has 0 aliphatic rings. The van der Waals surface area contributed by atoms with E-state index in [-0.39, 0.29) is 17.4 Å². The average Bonchev–Trinajstić information content (AvgIpc) is 3.75. The van der Waals surface area contributed by atoms with E-state index in [1.807, 2.05) is 48.7 Å². The number of thiazole rings is 1. The second-order valence-corrected chi connectivity index (χ2v) is 12.8. The number of carbonyl (C=O) groups is 3. The summed E-state index contributed by atoms with van der Waals surface area (Å²) in [5.41, 5.74) is 4.05. The maximum atomic E-state index is 13.7. The Hall–Kier alpha value is -5.52. The zero-order chi connectivity index (χ0) is 33.5. The Morgan fingerprint density at radius 1 is 0.938 bits per heavy atom. The summed E-state index contributed by atoms with van der Waals surface area (Å²) in [4.78, 5) is 48.4. The smallest absolute Gasteiger partial charge is 0.272 e. The van der Waals surface area contributed by atoms with Gasteiger partial charge in [-0.25, -0.2) is 9.37 Å². The van der Waals surface area contributed by atoms with Crippen molar-refractivity contribution in [2.75, 3.05) is 10.6 Å². The van der Waals surface area contributed by atoms with Crippen LogP contribution in [-0.2, 0) is 9.59 Å². The largest absolute Gasteiger partial charge is 0.361 e. The second kappa shape index (κ2) is 14.9. The number of halogens is 1. The van der Waals surface area contributed by atoms with Gasteiger partial charge in [-0.1, -0.05) is 49.4 Å². The number of nitrogens with zero attached hydrogens (tertiary/aromatic N) is 1. The summed E-state index contributed by atoms with van der Waals surface area (Å²) in [5.74, 6) is -1.45. The van der Waals surface area contributed by atoms with E-state index < -0.39 is 17.1 Å². The number of anilines is 2. The van der Waals surface area contributed by atoms with Crippen LogP contribution in [-0.4, -0.2) is 32.9 Å². The average molecular weight is 676 g/mol. The molecule has 4 N–H and O–H groups in total. The molecule has 0 aliphatic heterocycles. The van der Waals surface area contributed by atoms with Gasteiger partial charge in [-0.2, -0.15) is 0 Å². The fourth-order valence-corrected chi connectivity index (χ4v) is 6.65. The van der Waals surface area contributed by atoms with Gasteiger partial charge in [0.1, 0.15) is 11.5 Å². The van der Waals surface area contributed by atoms with Gasteiger partial charge in [0.05, 0.1) is 10.9 Å². The van der Waals surface area contributed by atoms with E-state index in [2.05, 4.69) is 25.9 Å². The van der Waals surface area contributed by atoms with E-state index in [1.165, 1.54) is 35.2 Å². The van der Waals surface area contributed by atoms with Gasteiger partial charge in [0, 0.05) is 49.8 Å². The molecule has 3 amide bonds. The topological polar surface area (TPSA) is 116 Å². The molecule has 1 unspecified atom stereocenters. The summed E-state index contributed by atoms with van der Waals surface area (Å²) < 4.78 is 13.3. The lowest BCUT2D eigenvalue weighted by Crippen LogP contribution is -2.30.